The minimum atomic E-state index is -0.308. The summed E-state index contributed by atoms with van der Waals surface area (Å²) in [7, 11) is 1.63. The molecule has 188 valence electrons. The molecule has 0 N–H and O–H groups in total. The summed E-state index contributed by atoms with van der Waals surface area (Å²) in [5, 5.41) is 1.25. The molecule has 1 aliphatic heterocycles. The summed E-state index contributed by atoms with van der Waals surface area (Å²) in [5.41, 5.74) is 2.69. The maximum Gasteiger partial charge on any atom is 0.293 e. The second-order valence-corrected chi connectivity index (χ2v) is 9.91. The Bertz CT molecular complexity index is 1500. The van der Waals surface area contributed by atoms with Gasteiger partial charge in [0.25, 0.3) is 11.1 Å². The highest BCUT2D eigenvalue weighted by molar-refractivity contribution is 8.18. The van der Waals surface area contributed by atoms with E-state index in [0.717, 1.165) is 52.5 Å². The van der Waals surface area contributed by atoms with Gasteiger partial charge in [0.2, 0.25) is 0 Å². The maximum atomic E-state index is 13.1. The molecule has 4 aromatic rings. The van der Waals surface area contributed by atoms with Crippen molar-refractivity contribution in [3.05, 3.63) is 100 Å². The second kappa shape index (κ2) is 11.2. The molecular weight excluding hydrogens is 508 g/mol. The lowest BCUT2D eigenvalue weighted by molar-refractivity contribution is -0.123. The number of amides is 2. The average Bonchev–Trinajstić information content (AvgIpc) is 3.40. The summed E-state index contributed by atoms with van der Waals surface area (Å²) in [5.74, 6) is 1.12. The van der Waals surface area contributed by atoms with Gasteiger partial charge in [-0.3, -0.25) is 14.5 Å². The van der Waals surface area contributed by atoms with E-state index >= 15 is 0 Å². The van der Waals surface area contributed by atoms with E-state index in [4.69, 9.17) is 21.1 Å². The van der Waals surface area contributed by atoms with Crippen molar-refractivity contribution < 1.29 is 19.1 Å². The van der Waals surface area contributed by atoms with E-state index in [0.29, 0.717) is 22.3 Å². The SMILES string of the molecule is COc1ccccc1OCCCn1cc(/C=C2\SC(=O)N(Cc3ccccc3Cl)C2=O)c2ccccc21. The van der Waals surface area contributed by atoms with Crippen molar-refractivity contribution in [1.29, 1.82) is 0 Å². The van der Waals surface area contributed by atoms with Crippen LogP contribution >= 0.6 is 23.4 Å². The van der Waals surface area contributed by atoms with Crippen molar-refractivity contribution in [2.45, 2.75) is 19.5 Å². The molecule has 0 unspecified atom stereocenters. The number of fused-ring (bicyclic) bond motifs is 1. The minimum absolute atomic E-state index is 0.148. The van der Waals surface area contributed by atoms with E-state index in [2.05, 4.69) is 10.6 Å². The number of aromatic nitrogens is 1. The normalized spacial score (nSPS) is 14.6. The maximum absolute atomic E-state index is 13.1. The number of para-hydroxylation sites is 3. The summed E-state index contributed by atoms with van der Waals surface area (Å²) in [4.78, 5) is 27.4. The van der Waals surface area contributed by atoms with Crippen molar-refractivity contribution in [3.63, 3.8) is 0 Å². The van der Waals surface area contributed by atoms with Crippen molar-refractivity contribution in [2.75, 3.05) is 13.7 Å². The molecule has 0 saturated carbocycles. The van der Waals surface area contributed by atoms with Crippen LogP contribution in [0.2, 0.25) is 5.02 Å². The fourth-order valence-corrected chi connectivity index (χ4v) is 5.33. The fraction of sp³-hybridized carbons (Fsp3) is 0.172. The van der Waals surface area contributed by atoms with Gasteiger partial charge in [0.15, 0.2) is 11.5 Å². The van der Waals surface area contributed by atoms with E-state index < -0.39 is 0 Å². The number of carbonyl (C=O) groups excluding carboxylic acids is 2. The van der Waals surface area contributed by atoms with Crippen LogP contribution in [-0.4, -0.2) is 34.3 Å². The molecule has 3 aromatic carbocycles. The summed E-state index contributed by atoms with van der Waals surface area (Å²) < 4.78 is 13.4. The zero-order chi connectivity index (χ0) is 25.8. The predicted molar refractivity (Wildman–Crippen MR) is 148 cm³/mol. The number of halogens is 1. The summed E-state index contributed by atoms with van der Waals surface area (Å²) in [6.07, 6.45) is 4.61. The van der Waals surface area contributed by atoms with Crippen molar-refractivity contribution in [3.8, 4) is 11.5 Å². The first-order valence-electron chi connectivity index (χ1n) is 11.9. The first kappa shape index (κ1) is 25.0. The summed E-state index contributed by atoms with van der Waals surface area (Å²) in [6.45, 7) is 1.41. The molecule has 8 heteroatoms. The van der Waals surface area contributed by atoms with Gasteiger partial charge >= 0.3 is 0 Å². The van der Waals surface area contributed by atoms with Gasteiger partial charge in [0.05, 0.1) is 25.2 Å². The van der Waals surface area contributed by atoms with E-state index in [1.807, 2.05) is 72.9 Å². The number of rotatable bonds is 9. The summed E-state index contributed by atoms with van der Waals surface area (Å²) in [6, 6.07) is 22.9. The molecule has 1 aromatic heterocycles. The Morgan fingerprint density at radius 3 is 2.49 bits per heavy atom. The second-order valence-electron chi connectivity index (χ2n) is 8.51. The lowest BCUT2D eigenvalue weighted by Gasteiger charge is -2.13. The Hall–Kier alpha value is -3.68. The van der Waals surface area contributed by atoms with Crippen LogP contribution in [0.3, 0.4) is 0 Å². The van der Waals surface area contributed by atoms with Crippen LogP contribution in [0.15, 0.2) is 83.9 Å². The van der Waals surface area contributed by atoms with Gasteiger partial charge in [-0.05, 0) is 54.1 Å². The number of aryl methyl sites for hydroxylation is 1. The molecule has 6 nitrogen and oxygen atoms in total. The highest BCUT2D eigenvalue weighted by Gasteiger charge is 2.35. The molecule has 5 rings (SSSR count). The zero-order valence-electron chi connectivity index (χ0n) is 20.2. The molecule has 2 amide bonds. The van der Waals surface area contributed by atoms with Crippen LogP contribution in [0.1, 0.15) is 17.5 Å². The predicted octanol–water partition coefficient (Wildman–Crippen LogP) is 7.01. The van der Waals surface area contributed by atoms with Gasteiger partial charge in [-0.15, -0.1) is 0 Å². The number of benzene rings is 3. The minimum Gasteiger partial charge on any atom is -0.493 e. The molecule has 1 fully saturated rings. The Balaban J connectivity index is 1.32. The summed E-state index contributed by atoms with van der Waals surface area (Å²) >= 11 is 7.20. The number of methoxy groups -OCH3 is 1. The third-order valence-electron chi connectivity index (χ3n) is 6.14. The molecule has 0 aliphatic carbocycles. The molecule has 1 saturated heterocycles. The number of imide groups is 1. The number of nitrogens with zero attached hydrogens (tertiary/aromatic N) is 2. The van der Waals surface area contributed by atoms with E-state index in [1.54, 1.807) is 13.2 Å². The lowest BCUT2D eigenvalue weighted by atomic mass is 10.1. The first-order chi connectivity index (χ1) is 18.0. The van der Waals surface area contributed by atoms with E-state index in [9.17, 15) is 9.59 Å². The van der Waals surface area contributed by atoms with Gasteiger partial charge in [-0.1, -0.05) is 60.1 Å². The Kier molecular flexibility index (Phi) is 7.53. The van der Waals surface area contributed by atoms with Gasteiger partial charge in [-0.2, -0.15) is 0 Å². The quantitative estimate of drug-likeness (QED) is 0.171. The number of carbonyl (C=O) groups is 2. The molecular formula is C29H25ClN2O4S. The van der Waals surface area contributed by atoms with Crippen LogP contribution in [-0.2, 0) is 17.9 Å². The van der Waals surface area contributed by atoms with Crippen LogP contribution < -0.4 is 9.47 Å². The molecule has 0 atom stereocenters. The molecule has 0 spiro atoms. The monoisotopic (exact) mass is 532 g/mol. The van der Waals surface area contributed by atoms with Gasteiger partial charge in [0.1, 0.15) is 0 Å². The number of ether oxygens (including phenoxy) is 2. The van der Waals surface area contributed by atoms with Crippen LogP contribution in [0.4, 0.5) is 4.79 Å². The van der Waals surface area contributed by atoms with Crippen molar-refractivity contribution in [2.24, 2.45) is 0 Å². The van der Waals surface area contributed by atoms with Crippen LogP contribution in [0.5, 0.6) is 11.5 Å². The smallest absolute Gasteiger partial charge is 0.293 e. The van der Waals surface area contributed by atoms with Crippen LogP contribution in [0, 0.1) is 0 Å². The molecule has 1 aliphatic rings. The standard InChI is InChI=1S/C29H25ClN2O4S/c1-35-25-13-6-7-14-26(25)36-16-8-15-31-18-21(22-10-3-5-12-24(22)31)17-27-28(33)32(29(34)37-27)19-20-9-2-4-11-23(20)30/h2-7,9-14,17-18H,8,15-16,19H2,1H3/b27-17-. The van der Waals surface area contributed by atoms with Crippen LogP contribution in [0.25, 0.3) is 17.0 Å². The number of thioether (sulfide) groups is 1. The van der Waals surface area contributed by atoms with Crippen molar-refractivity contribution >= 4 is 51.5 Å². The molecule has 0 radical (unpaired) electrons. The third-order valence-corrected chi connectivity index (χ3v) is 7.41. The topological polar surface area (TPSA) is 60.8 Å². The fourth-order valence-electron chi connectivity index (χ4n) is 4.30. The van der Waals surface area contributed by atoms with Crippen molar-refractivity contribution in [1.82, 2.24) is 9.47 Å². The number of hydrogen-bond acceptors (Lipinski definition) is 5. The molecule has 0 bridgehead atoms. The molecule has 2 heterocycles. The Morgan fingerprint density at radius 1 is 0.946 bits per heavy atom. The highest BCUT2D eigenvalue weighted by Crippen LogP contribution is 2.35. The van der Waals surface area contributed by atoms with Gasteiger partial charge in [0, 0.05) is 34.2 Å². The lowest BCUT2D eigenvalue weighted by Crippen LogP contribution is -2.27. The third kappa shape index (κ3) is 5.38. The largest absolute Gasteiger partial charge is 0.493 e. The highest BCUT2D eigenvalue weighted by atomic mass is 35.5. The number of hydrogen-bond donors (Lipinski definition) is 0. The Morgan fingerprint density at radius 2 is 1.68 bits per heavy atom. The van der Waals surface area contributed by atoms with E-state index in [-0.39, 0.29) is 17.7 Å². The zero-order valence-corrected chi connectivity index (χ0v) is 21.8. The van der Waals surface area contributed by atoms with E-state index in [1.165, 1.54) is 4.90 Å². The molecule has 37 heavy (non-hydrogen) atoms. The average molecular weight is 533 g/mol. The Labute approximate surface area is 224 Å². The van der Waals surface area contributed by atoms with Gasteiger partial charge in [-0.25, -0.2) is 0 Å². The van der Waals surface area contributed by atoms with Gasteiger partial charge < -0.3 is 14.0 Å². The first-order valence-corrected chi connectivity index (χ1v) is 13.1.